The molecule has 0 aromatic heterocycles. The van der Waals surface area contributed by atoms with Crippen LogP contribution in [0.4, 0.5) is 13.2 Å². The van der Waals surface area contributed by atoms with Gasteiger partial charge in [-0.15, -0.1) is 0 Å². The first kappa shape index (κ1) is 11.0. The molecule has 0 aliphatic carbocycles. The quantitative estimate of drug-likeness (QED) is 0.725. The van der Waals surface area contributed by atoms with Crippen molar-refractivity contribution in [2.24, 2.45) is 4.99 Å². The molecule has 86 valence electrons. The van der Waals surface area contributed by atoms with E-state index in [4.69, 9.17) is 4.74 Å². The van der Waals surface area contributed by atoms with Crippen molar-refractivity contribution >= 4 is 5.90 Å². The third-order valence-electron chi connectivity index (χ3n) is 2.24. The van der Waals surface area contributed by atoms with E-state index in [1.807, 2.05) is 0 Å². The summed E-state index contributed by atoms with van der Waals surface area (Å²) >= 11 is 0. The van der Waals surface area contributed by atoms with Crippen LogP contribution in [0.25, 0.3) is 0 Å². The predicted octanol–water partition coefficient (Wildman–Crippen LogP) is 2.79. The Morgan fingerprint density at radius 3 is 2.56 bits per heavy atom. The number of nitrogens with zero attached hydrogens (tertiary/aromatic N) is 1. The predicted molar refractivity (Wildman–Crippen MR) is 53.5 cm³/mol. The van der Waals surface area contributed by atoms with Crippen LogP contribution in [0.3, 0.4) is 0 Å². The van der Waals surface area contributed by atoms with E-state index in [0.29, 0.717) is 30.2 Å². The maximum Gasteiger partial charge on any atom is 0.416 e. The zero-order chi connectivity index (χ0) is 11.8. The molecule has 0 N–H and O–H groups in total. The zero-order valence-electron chi connectivity index (χ0n) is 8.64. The number of alkyl halides is 3. The van der Waals surface area contributed by atoms with Crippen molar-refractivity contribution < 1.29 is 17.9 Å². The van der Waals surface area contributed by atoms with Crippen LogP contribution >= 0.6 is 0 Å². The van der Waals surface area contributed by atoms with E-state index in [-0.39, 0.29) is 0 Å². The maximum atomic E-state index is 12.6. The first-order valence-electron chi connectivity index (χ1n) is 4.83. The molecule has 0 saturated carbocycles. The third-order valence-corrected chi connectivity index (χ3v) is 2.24. The van der Waals surface area contributed by atoms with Crippen LogP contribution in [0.5, 0.6) is 0 Å². The van der Waals surface area contributed by atoms with Gasteiger partial charge in [0.05, 0.1) is 12.1 Å². The molecule has 0 atom stereocenters. The summed E-state index contributed by atoms with van der Waals surface area (Å²) in [5.74, 6) is 0.300. The fourth-order valence-corrected chi connectivity index (χ4v) is 1.58. The summed E-state index contributed by atoms with van der Waals surface area (Å²) in [7, 11) is 0. The highest BCUT2D eigenvalue weighted by Crippen LogP contribution is 2.31. The molecule has 1 aromatic rings. The summed E-state index contributed by atoms with van der Waals surface area (Å²) in [6, 6.07) is 3.82. The highest BCUT2D eigenvalue weighted by molar-refractivity contribution is 5.95. The summed E-state index contributed by atoms with van der Waals surface area (Å²) in [6.45, 7) is 2.56. The van der Waals surface area contributed by atoms with Crippen molar-refractivity contribution in [3.8, 4) is 0 Å². The minimum absolute atomic E-state index is 0.300. The Hall–Kier alpha value is -1.52. The van der Waals surface area contributed by atoms with Gasteiger partial charge in [-0.05, 0) is 30.7 Å². The second-order valence-corrected chi connectivity index (χ2v) is 3.62. The molecule has 1 aromatic carbocycles. The highest BCUT2D eigenvalue weighted by atomic mass is 19.4. The minimum atomic E-state index is -4.33. The average molecular weight is 229 g/mol. The van der Waals surface area contributed by atoms with Gasteiger partial charge in [-0.25, -0.2) is 4.99 Å². The van der Waals surface area contributed by atoms with Gasteiger partial charge in [0.15, 0.2) is 0 Å². The van der Waals surface area contributed by atoms with E-state index in [9.17, 15) is 13.2 Å². The molecule has 5 heteroatoms. The summed E-state index contributed by atoms with van der Waals surface area (Å²) in [5.41, 5.74) is 0.272. The van der Waals surface area contributed by atoms with E-state index in [1.165, 1.54) is 0 Å². The van der Waals surface area contributed by atoms with Gasteiger partial charge in [-0.3, -0.25) is 0 Å². The van der Waals surface area contributed by atoms with Crippen LogP contribution in [0, 0.1) is 6.92 Å². The molecule has 2 rings (SSSR count). The van der Waals surface area contributed by atoms with Crippen molar-refractivity contribution in [1.82, 2.24) is 0 Å². The molecule has 0 amide bonds. The van der Waals surface area contributed by atoms with Crippen LogP contribution in [-0.4, -0.2) is 19.0 Å². The lowest BCUT2D eigenvalue weighted by molar-refractivity contribution is -0.137. The summed E-state index contributed by atoms with van der Waals surface area (Å²) in [6.07, 6.45) is -4.33. The molecule has 16 heavy (non-hydrogen) atoms. The second-order valence-electron chi connectivity index (χ2n) is 3.62. The Morgan fingerprint density at radius 2 is 2.00 bits per heavy atom. The fraction of sp³-hybridized carbons (Fsp3) is 0.364. The number of ether oxygens (including phenoxy) is 1. The van der Waals surface area contributed by atoms with Gasteiger partial charge in [0.2, 0.25) is 5.90 Å². The normalized spacial score (nSPS) is 15.9. The van der Waals surface area contributed by atoms with E-state index in [0.717, 1.165) is 12.1 Å². The molecule has 1 heterocycles. The van der Waals surface area contributed by atoms with Crippen LogP contribution in [0.2, 0.25) is 0 Å². The number of hydrogen-bond donors (Lipinski definition) is 0. The Bertz CT molecular complexity index is 437. The zero-order valence-corrected chi connectivity index (χ0v) is 8.64. The van der Waals surface area contributed by atoms with Gasteiger partial charge >= 0.3 is 6.18 Å². The van der Waals surface area contributed by atoms with E-state index in [1.54, 1.807) is 13.0 Å². The molecule has 1 aliphatic rings. The van der Waals surface area contributed by atoms with Gasteiger partial charge in [-0.1, -0.05) is 0 Å². The van der Waals surface area contributed by atoms with E-state index in [2.05, 4.69) is 4.99 Å². The van der Waals surface area contributed by atoms with Gasteiger partial charge in [-0.2, -0.15) is 13.2 Å². The number of rotatable bonds is 1. The topological polar surface area (TPSA) is 21.6 Å². The fourth-order valence-electron chi connectivity index (χ4n) is 1.58. The van der Waals surface area contributed by atoms with Crippen molar-refractivity contribution in [1.29, 1.82) is 0 Å². The number of hydrogen-bond acceptors (Lipinski definition) is 2. The molecule has 0 bridgehead atoms. The third kappa shape index (κ3) is 2.18. The Balaban J connectivity index is 2.44. The highest BCUT2D eigenvalue weighted by Gasteiger charge is 2.31. The van der Waals surface area contributed by atoms with Crippen LogP contribution < -0.4 is 0 Å². The molecule has 0 unspecified atom stereocenters. The van der Waals surface area contributed by atoms with Crippen LogP contribution in [0.1, 0.15) is 16.7 Å². The summed E-state index contributed by atoms with van der Waals surface area (Å²) in [4.78, 5) is 4.00. The SMILES string of the molecule is Cc1cc(C2=NCCO2)cc(C(F)(F)F)c1. The lowest BCUT2D eigenvalue weighted by Crippen LogP contribution is -2.09. The smallest absolute Gasteiger partial charge is 0.416 e. The number of aryl methyl sites for hydroxylation is 1. The minimum Gasteiger partial charge on any atom is -0.476 e. The number of aliphatic imine (C=N–C) groups is 1. The number of halogens is 3. The molecule has 0 fully saturated rings. The first-order valence-corrected chi connectivity index (χ1v) is 4.83. The summed E-state index contributed by atoms with van der Waals surface area (Å²) < 4.78 is 42.8. The molecule has 1 aliphatic heterocycles. The molecular formula is C11H10F3NO. The Morgan fingerprint density at radius 1 is 1.25 bits per heavy atom. The van der Waals surface area contributed by atoms with E-state index < -0.39 is 11.7 Å². The van der Waals surface area contributed by atoms with Gasteiger partial charge in [0.25, 0.3) is 0 Å². The second kappa shape index (κ2) is 3.81. The van der Waals surface area contributed by atoms with Crippen molar-refractivity contribution in [2.45, 2.75) is 13.1 Å². The van der Waals surface area contributed by atoms with Crippen molar-refractivity contribution in [2.75, 3.05) is 13.2 Å². The lowest BCUT2D eigenvalue weighted by atomic mass is 10.1. The Labute approximate surface area is 90.8 Å². The monoisotopic (exact) mass is 229 g/mol. The summed E-state index contributed by atoms with van der Waals surface area (Å²) in [5, 5.41) is 0. The van der Waals surface area contributed by atoms with Gasteiger partial charge in [0, 0.05) is 5.56 Å². The first-order chi connectivity index (χ1) is 7.47. The maximum absolute atomic E-state index is 12.6. The standard InChI is InChI=1S/C11H10F3NO/c1-7-4-8(10-15-2-3-16-10)6-9(5-7)11(12,13)14/h4-6H,2-3H2,1H3. The average Bonchev–Trinajstić information content (AvgIpc) is 2.68. The molecule has 2 nitrogen and oxygen atoms in total. The largest absolute Gasteiger partial charge is 0.476 e. The van der Waals surface area contributed by atoms with Crippen molar-refractivity contribution in [3.05, 3.63) is 34.9 Å². The van der Waals surface area contributed by atoms with E-state index >= 15 is 0 Å². The lowest BCUT2D eigenvalue weighted by Gasteiger charge is -2.10. The van der Waals surface area contributed by atoms with Gasteiger partial charge < -0.3 is 4.74 Å². The van der Waals surface area contributed by atoms with Crippen LogP contribution in [0.15, 0.2) is 23.2 Å². The molecular weight excluding hydrogens is 219 g/mol. The van der Waals surface area contributed by atoms with Crippen molar-refractivity contribution in [3.63, 3.8) is 0 Å². The molecule has 0 radical (unpaired) electrons. The molecule has 0 saturated heterocycles. The number of benzene rings is 1. The van der Waals surface area contributed by atoms with Crippen LogP contribution in [-0.2, 0) is 10.9 Å². The van der Waals surface area contributed by atoms with Gasteiger partial charge in [0.1, 0.15) is 6.61 Å². The molecule has 0 spiro atoms. The Kier molecular flexibility index (Phi) is 2.61.